The van der Waals surface area contributed by atoms with Crippen molar-refractivity contribution < 1.29 is 5.11 Å². The molecule has 0 radical (unpaired) electrons. The Morgan fingerprint density at radius 1 is 0.682 bits per heavy atom. The topological polar surface area (TPSA) is 20.2 Å². The third-order valence-electron chi connectivity index (χ3n) is 4.78. The van der Waals surface area contributed by atoms with Crippen LogP contribution in [0.5, 0.6) is 5.75 Å². The summed E-state index contributed by atoms with van der Waals surface area (Å²) in [4.78, 5) is 0. The lowest BCUT2D eigenvalue weighted by molar-refractivity contribution is 0.475. The highest BCUT2D eigenvalue weighted by Gasteiger charge is 2.35. The van der Waals surface area contributed by atoms with Crippen LogP contribution in [-0.4, -0.2) is 5.11 Å². The minimum atomic E-state index is 0.0266. The molecule has 0 heterocycles. The first-order valence-corrected chi connectivity index (χ1v) is 7.61. The highest BCUT2D eigenvalue weighted by molar-refractivity contribution is 5.83. The largest absolute Gasteiger partial charge is 0.508 e. The van der Waals surface area contributed by atoms with Crippen molar-refractivity contribution in [2.24, 2.45) is 0 Å². The van der Waals surface area contributed by atoms with E-state index in [0.29, 0.717) is 5.75 Å². The number of rotatable bonds is 1. The molecule has 108 valence electrons. The molecule has 0 saturated carbocycles. The molecule has 1 aliphatic carbocycles. The van der Waals surface area contributed by atoms with Crippen LogP contribution < -0.4 is 0 Å². The fourth-order valence-corrected chi connectivity index (χ4v) is 3.54. The zero-order chi connectivity index (χ0) is 15.3. The van der Waals surface area contributed by atoms with E-state index in [0.717, 1.165) is 5.56 Å². The summed E-state index contributed by atoms with van der Waals surface area (Å²) in [5, 5.41) is 9.46. The lowest BCUT2D eigenvalue weighted by Gasteiger charge is -2.22. The molecule has 3 aromatic carbocycles. The number of phenolic OH excluding ortho intramolecular Hbond substituents is 1. The molecule has 3 aromatic rings. The number of fused-ring (bicyclic) bond motifs is 3. The van der Waals surface area contributed by atoms with Gasteiger partial charge in [0.1, 0.15) is 5.75 Å². The lowest BCUT2D eigenvalue weighted by atomic mass is 9.81. The van der Waals surface area contributed by atoms with Crippen LogP contribution in [-0.2, 0) is 5.41 Å². The molecular weight excluding hydrogens is 268 g/mol. The second kappa shape index (κ2) is 4.48. The molecule has 1 heteroatoms. The predicted molar refractivity (Wildman–Crippen MR) is 91.1 cm³/mol. The molecule has 1 N–H and O–H groups in total. The Kier molecular flexibility index (Phi) is 2.67. The maximum Gasteiger partial charge on any atom is 0.115 e. The Bertz CT molecular complexity index is 857. The van der Waals surface area contributed by atoms with Gasteiger partial charge in [-0.25, -0.2) is 0 Å². The van der Waals surface area contributed by atoms with Gasteiger partial charge in [-0.2, -0.15) is 0 Å². The Morgan fingerprint density at radius 2 is 1.32 bits per heavy atom. The van der Waals surface area contributed by atoms with E-state index in [1.54, 1.807) is 12.1 Å². The smallest absolute Gasteiger partial charge is 0.115 e. The molecular formula is C21H18O. The Morgan fingerprint density at radius 3 is 2.09 bits per heavy atom. The maximum absolute atomic E-state index is 9.46. The quantitative estimate of drug-likeness (QED) is 0.638. The minimum absolute atomic E-state index is 0.0266. The fourth-order valence-electron chi connectivity index (χ4n) is 3.54. The first-order chi connectivity index (χ1) is 10.6. The van der Waals surface area contributed by atoms with Crippen molar-refractivity contribution in [2.75, 3.05) is 0 Å². The first-order valence-electron chi connectivity index (χ1n) is 7.61. The van der Waals surface area contributed by atoms with Gasteiger partial charge < -0.3 is 5.11 Å². The van der Waals surface area contributed by atoms with Gasteiger partial charge in [0.05, 0.1) is 0 Å². The number of phenols is 1. The second-order valence-corrected chi connectivity index (χ2v) is 6.48. The average Bonchev–Trinajstić information content (AvgIpc) is 2.77. The molecule has 0 saturated heterocycles. The Hall–Kier alpha value is -2.54. The fraction of sp³-hybridized carbons (Fsp3) is 0.143. The van der Waals surface area contributed by atoms with E-state index in [1.807, 2.05) is 12.1 Å². The summed E-state index contributed by atoms with van der Waals surface area (Å²) in [5.41, 5.74) is 7.81. The molecule has 0 unspecified atom stereocenters. The second-order valence-electron chi connectivity index (χ2n) is 6.48. The van der Waals surface area contributed by atoms with E-state index in [4.69, 9.17) is 0 Å². The summed E-state index contributed by atoms with van der Waals surface area (Å²) >= 11 is 0. The van der Waals surface area contributed by atoms with Gasteiger partial charge in [0.15, 0.2) is 0 Å². The number of hydrogen-bond donors (Lipinski definition) is 1. The molecule has 1 nitrogen and oxygen atoms in total. The first kappa shape index (κ1) is 13.1. The zero-order valence-corrected chi connectivity index (χ0v) is 12.8. The van der Waals surface area contributed by atoms with Gasteiger partial charge in [-0.15, -0.1) is 0 Å². The van der Waals surface area contributed by atoms with Crippen LogP contribution >= 0.6 is 0 Å². The molecule has 0 bridgehead atoms. The monoisotopic (exact) mass is 286 g/mol. The van der Waals surface area contributed by atoms with Crippen LogP contribution in [0.15, 0.2) is 66.7 Å². The van der Waals surface area contributed by atoms with Crippen molar-refractivity contribution in [1.29, 1.82) is 0 Å². The third-order valence-corrected chi connectivity index (χ3v) is 4.78. The number of aromatic hydroxyl groups is 1. The summed E-state index contributed by atoms with van der Waals surface area (Å²) in [6, 6.07) is 22.8. The van der Waals surface area contributed by atoms with Gasteiger partial charge in [0, 0.05) is 5.41 Å². The highest BCUT2D eigenvalue weighted by Crippen LogP contribution is 2.49. The molecule has 22 heavy (non-hydrogen) atoms. The van der Waals surface area contributed by atoms with E-state index in [-0.39, 0.29) is 5.41 Å². The van der Waals surface area contributed by atoms with Crippen LogP contribution in [0, 0.1) is 0 Å². The molecule has 0 amide bonds. The molecule has 0 atom stereocenters. The molecule has 0 aromatic heterocycles. The van der Waals surface area contributed by atoms with E-state index in [1.165, 1.54) is 27.8 Å². The normalized spacial score (nSPS) is 14.5. The van der Waals surface area contributed by atoms with Crippen LogP contribution in [0.3, 0.4) is 0 Å². The van der Waals surface area contributed by atoms with Gasteiger partial charge in [-0.3, -0.25) is 0 Å². The predicted octanol–water partition coefficient (Wildman–Crippen LogP) is 5.37. The SMILES string of the molecule is CC1(C)c2ccccc2-c2ccc(-c3ccc(O)cc3)cc21. The van der Waals surface area contributed by atoms with Gasteiger partial charge in [-0.05, 0) is 51.6 Å². The van der Waals surface area contributed by atoms with Gasteiger partial charge in [0.2, 0.25) is 0 Å². The number of hydrogen-bond acceptors (Lipinski definition) is 1. The standard InChI is InChI=1S/C21H18O/c1-21(2)19-6-4-3-5-17(19)18-12-9-15(13-20(18)21)14-7-10-16(22)11-8-14/h3-13,22H,1-2H3. The molecule has 1 aliphatic rings. The molecule has 0 fully saturated rings. The van der Waals surface area contributed by atoms with Crippen molar-refractivity contribution >= 4 is 0 Å². The Labute approximate surface area is 130 Å². The number of benzene rings is 3. The van der Waals surface area contributed by atoms with Gasteiger partial charge in [0.25, 0.3) is 0 Å². The molecule has 0 aliphatic heterocycles. The summed E-state index contributed by atoms with van der Waals surface area (Å²) in [5.74, 6) is 0.303. The molecule has 4 rings (SSSR count). The summed E-state index contributed by atoms with van der Waals surface area (Å²) in [7, 11) is 0. The zero-order valence-electron chi connectivity index (χ0n) is 12.8. The van der Waals surface area contributed by atoms with Crippen LogP contribution in [0.4, 0.5) is 0 Å². The van der Waals surface area contributed by atoms with Crippen molar-refractivity contribution in [1.82, 2.24) is 0 Å². The van der Waals surface area contributed by atoms with E-state index in [2.05, 4.69) is 56.3 Å². The summed E-state index contributed by atoms with van der Waals surface area (Å²) in [6.45, 7) is 4.58. The van der Waals surface area contributed by atoms with Crippen molar-refractivity contribution in [3.63, 3.8) is 0 Å². The van der Waals surface area contributed by atoms with E-state index >= 15 is 0 Å². The van der Waals surface area contributed by atoms with E-state index in [9.17, 15) is 5.11 Å². The third kappa shape index (κ3) is 1.79. The highest BCUT2D eigenvalue weighted by atomic mass is 16.3. The lowest BCUT2D eigenvalue weighted by Crippen LogP contribution is -2.14. The van der Waals surface area contributed by atoms with Crippen LogP contribution in [0.2, 0.25) is 0 Å². The Balaban J connectivity index is 1.90. The molecule has 0 spiro atoms. The minimum Gasteiger partial charge on any atom is -0.508 e. The van der Waals surface area contributed by atoms with E-state index < -0.39 is 0 Å². The maximum atomic E-state index is 9.46. The van der Waals surface area contributed by atoms with Crippen LogP contribution in [0.1, 0.15) is 25.0 Å². The van der Waals surface area contributed by atoms with Crippen molar-refractivity contribution in [2.45, 2.75) is 19.3 Å². The summed E-state index contributed by atoms with van der Waals surface area (Å²) < 4.78 is 0. The van der Waals surface area contributed by atoms with Gasteiger partial charge in [-0.1, -0.05) is 62.4 Å². The average molecular weight is 286 g/mol. The van der Waals surface area contributed by atoms with Crippen molar-refractivity contribution in [3.8, 4) is 28.0 Å². The van der Waals surface area contributed by atoms with Crippen LogP contribution in [0.25, 0.3) is 22.3 Å². The van der Waals surface area contributed by atoms with Gasteiger partial charge >= 0.3 is 0 Å². The van der Waals surface area contributed by atoms with Crippen molar-refractivity contribution in [3.05, 3.63) is 77.9 Å². The summed E-state index contributed by atoms with van der Waals surface area (Å²) in [6.07, 6.45) is 0.